The van der Waals surface area contributed by atoms with E-state index in [0.717, 1.165) is 28.9 Å². The predicted molar refractivity (Wildman–Crippen MR) is 120 cm³/mol. The van der Waals surface area contributed by atoms with E-state index in [1.54, 1.807) is 30.0 Å². The lowest BCUT2D eigenvalue weighted by molar-refractivity contribution is -0.384. The molecule has 3 aromatic rings. The topological polar surface area (TPSA) is 105 Å². The fourth-order valence-corrected chi connectivity index (χ4v) is 4.08. The molecule has 4 rings (SSSR count). The van der Waals surface area contributed by atoms with Crippen molar-refractivity contribution in [3.05, 3.63) is 75.2 Å². The zero-order valence-electron chi connectivity index (χ0n) is 16.6. The van der Waals surface area contributed by atoms with Crippen LogP contribution in [0.25, 0.3) is 17.3 Å². The molecule has 0 aliphatic carbocycles. The fraction of sp³-hybridized carbons (Fsp3) is 0.136. The van der Waals surface area contributed by atoms with Crippen LogP contribution in [0.1, 0.15) is 18.1 Å². The van der Waals surface area contributed by atoms with Gasteiger partial charge in [-0.1, -0.05) is 12.1 Å². The second-order valence-electron chi connectivity index (χ2n) is 6.97. The van der Waals surface area contributed by atoms with E-state index >= 15 is 0 Å². The number of hydrogen-bond donors (Lipinski definition) is 1. The van der Waals surface area contributed by atoms with Gasteiger partial charge in [-0.15, -0.1) is 11.3 Å². The molecular formula is C22H18N4O4S. The van der Waals surface area contributed by atoms with Crippen LogP contribution >= 0.6 is 11.3 Å². The molecule has 2 aromatic carbocycles. The van der Waals surface area contributed by atoms with Gasteiger partial charge in [-0.3, -0.25) is 25.0 Å². The third kappa shape index (κ3) is 4.51. The van der Waals surface area contributed by atoms with Crippen molar-refractivity contribution >= 4 is 45.7 Å². The second-order valence-corrected chi connectivity index (χ2v) is 7.83. The standard InChI is InChI=1S/C22H18N4O4S/c1-14(27)25-11-10-16-5-6-17(12-20(16)25)19-13-31-22(23-19)24-21(28)9-4-15-2-7-18(8-3-15)26(29)30/h2-9,12-13H,10-11H2,1H3,(H,23,24,28)/b9-4+. The van der Waals surface area contributed by atoms with Gasteiger partial charge in [0.2, 0.25) is 11.8 Å². The Morgan fingerprint density at radius 3 is 2.71 bits per heavy atom. The fourth-order valence-electron chi connectivity index (χ4n) is 3.36. The molecule has 8 nitrogen and oxygen atoms in total. The van der Waals surface area contributed by atoms with Crippen molar-refractivity contribution in [1.29, 1.82) is 0 Å². The Bertz CT molecular complexity index is 1200. The first-order chi connectivity index (χ1) is 14.9. The lowest BCUT2D eigenvalue weighted by atomic mass is 10.1. The Morgan fingerprint density at radius 1 is 1.23 bits per heavy atom. The van der Waals surface area contributed by atoms with Crippen LogP contribution in [0.2, 0.25) is 0 Å². The number of hydrogen-bond acceptors (Lipinski definition) is 6. The van der Waals surface area contributed by atoms with Crippen LogP contribution in [0.4, 0.5) is 16.5 Å². The molecule has 0 unspecified atom stereocenters. The normalized spacial score (nSPS) is 12.7. The van der Waals surface area contributed by atoms with Crippen LogP contribution in [0, 0.1) is 10.1 Å². The average molecular weight is 434 g/mol. The summed E-state index contributed by atoms with van der Waals surface area (Å²) in [5, 5.41) is 15.7. The van der Waals surface area contributed by atoms with Crippen LogP contribution in [-0.2, 0) is 16.0 Å². The summed E-state index contributed by atoms with van der Waals surface area (Å²) in [5.41, 5.74) is 4.32. The van der Waals surface area contributed by atoms with E-state index in [2.05, 4.69) is 10.3 Å². The highest BCUT2D eigenvalue weighted by molar-refractivity contribution is 7.14. The third-order valence-electron chi connectivity index (χ3n) is 4.92. The SMILES string of the molecule is CC(=O)N1CCc2ccc(-c3csc(NC(=O)/C=C/c4ccc([N+](=O)[O-])cc4)n3)cc21. The highest BCUT2D eigenvalue weighted by Crippen LogP contribution is 2.34. The Labute approximate surface area is 182 Å². The third-order valence-corrected chi connectivity index (χ3v) is 5.68. The molecule has 156 valence electrons. The summed E-state index contributed by atoms with van der Waals surface area (Å²) in [6.07, 6.45) is 3.77. The molecule has 0 spiro atoms. The van der Waals surface area contributed by atoms with Gasteiger partial charge in [0.25, 0.3) is 5.69 Å². The van der Waals surface area contributed by atoms with Gasteiger partial charge in [-0.2, -0.15) is 0 Å². The van der Waals surface area contributed by atoms with E-state index < -0.39 is 4.92 Å². The van der Waals surface area contributed by atoms with Crippen LogP contribution in [0.5, 0.6) is 0 Å². The second kappa shape index (κ2) is 8.49. The Hall–Kier alpha value is -3.85. The maximum absolute atomic E-state index is 12.2. The summed E-state index contributed by atoms with van der Waals surface area (Å²) in [5.74, 6) is -0.335. The molecule has 2 heterocycles. The van der Waals surface area contributed by atoms with Crippen molar-refractivity contribution in [2.75, 3.05) is 16.8 Å². The number of nitrogens with zero attached hydrogens (tertiary/aromatic N) is 3. The number of nitro groups is 1. The van der Waals surface area contributed by atoms with Gasteiger partial charge in [-0.05, 0) is 41.8 Å². The number of fused-ring (bicyclic) bond motifs is 1. The van der Waals surface area contributed by atoms with Gasteiger partial charge in [0.15, 0.2) is 5.13 Å². The van der Waals surface area contributed by atoms with Crippen LogP contribution in [-0.4, -0.2) is 28.3 Å². The van der Waals surface area contributed by atoms with E-state index in [1.165, 1.54) is 29.5 Å². The summed E-state index contributed by atoms with van der Waals surface area (Å²) < 4.78 is 0. The zero-order chi connectivity index (χ0) is 22.0. The van der Waals surface area contributed by atoms with Crippen molar-refractivity contribution in [3.8, 4) is 11.3 Å². The molecule has 2 amide bonds. The molecular weight excluding hydrogens is 416 g/mol. The summed E-state index contributed by atoms with van der Waals surface area (Å²) in [4.78, 5) is 40.5. The van der Waals surface area contributed by atoms with Gasteiger partial charge in [-0.25, -0.2) is 4.98 Å². The number of rotatable bonds is 5. The Morgan fingerprint density at radius 2 is 2.00 bits per heavy atom. The number of anilines is 2. The van der Waals surface area contributed by atoms with Crippen LogP contribution in [0.3, 0.4) is 0 Å². The molecule has 0 atom stereocenters. The number of aromatic nitrogens is 1. The highest BCUT2D eigenvalue weighted by atomic mass is 32.1. The number of nitrogens with one attached hydrogen (secondary N) is 1. The van der Waals surface area contributed by atoms with Crippen molar-refractivity contribution < 1.29 is 14.5 Å². The number of thiazole rings is 1. The molecule has 0 saturated heterocycles. The molecule has 0 saturated carbocycles. The van der Waals surface area contributed by atoms with Gasteiger partial charge >= 0.3 is 0 Å². The van der Waals surface area contributed by atoms with Crippen molar-refractivity contribution in [2.45, 2.75) is 13.3 Å². The van der Waals surface area contributed by atoms with E-state index in [4.69, 9.17) is 0 Å². The maximum Gasteiger partial charge on any atom is 0.269 e. The van der Waals surface area contributed by atoms with Crippen molar-refractivity contribution in [1.82, 2.24) is 4.98 Å². The van der Waals surface area contributed by atoms with Gasteiger partial charge in [0.1, 0.15) is 0 Å². The van der Waals surface area contributed by atoms with E-state index in [1.807, 2.05) is 23.6 Å². The average Bonchev–Trinajstić information content (AvgIpc) is 3.39. The minimum Gasteiger partial charge on any atom is -0.312 e. The Kier molecular flexibility index (Phi) is 5.59. The maximum atomic E-state index is 12.2. The minimum absolute atomic E-state index is 0.00473. The number of nitro benzene ring substituents is 1. The first-order valence-corrected chi connectivity index (χ1v) is 10.4. The summed E-state index contributed by atoms with van der Waals surface area (Å²) in [6.45, 7) is 2.25. The number of amides is 2. The van der Waals surface area contributed by atoms with Crippen molar-refractivity contribution in [3.63, 3.8) is 0 Å². The van der Waals surface area contributed by atoms with Crippen molar-refractivity contribution in [2.24, 2.45) is 0 Å². The number of carbonyl (C=O) groups is 2. The van der Waals surface area contributed by atoms with Crippen LogP contribution < -0.4 is 10.2 Å². The lowest BCUT2D eigenvalue weighted by Crippen LogP contribution is -2.25. The molecule has 1 N–H and O–H groups in total. The van der Waals surface area contributed by atoms with E-state index in [-0.39, 0.29) is 17.5 Å². The molecule has 9 heteroatoms. The molecule has 0 bridgehead atoms. The number of non-ortho nitro benzene ring substituents is 1. The van der Waals surface area contributed by atoms with Gasteiger partial charge < -0.3 is 4.90 Å². The monoisotopic (exact) mass is 434 g/mol. The summed E-state index contributed by atoms with van der Waals surface area (Å²) in [6, 6.07) is 11.8. The smallest absolute Gasteiger partial charge is 0.269 e. The molecule has 31 heavy (non-hydrogen) atoms. The Balaban J connectivity index is 1.43. The molecule has 1 aromatic heterocycles. The molecule has 1 aliphatic rings. The minimum atomic E-state index is -0.473. The van der Waals surface area contributed by atoms with Crippen LogP contribution in [0.15, 0.2) is 53.9 Å². The number of benzene rings is 2. The lowest BCUT2D eigenvalue weighted by Gasteiger charge is -2.15. The first-order valence-electron chi connectivity index (χ1n) is 9.51. The van der Waals surface area contributed by atoms with E-state index in [0.29, 0.717) is 17.2 Å². The van der Waals surface area contributed by atoms with Gasteiger partial charge in [0.05, 0.1) is 10.6 Å². The quantitative estimate of drug-likeness (QED) is 0.367. The van der Waals surface area contributed by atoms with Gasteiger partial charge in [0, 0.05) is 48.3 Å². The molecule has 0 fully saturated rings. The zero-order valence-corrected chi connectivity index (χ0v) is 17.4. The van der Waals surface area contributed by atoms with E-state index in [9.17, 15) is 19.7 Å². The number of carbonyl (C=O) groups excluding carboxylic acids is 2. The first kappa shape index (κ1) is 20.4. The molecule has 1 aliphatic heterocycles. The summed E-state index contributed by atoms with van der Waals surface area (Å²) in [7, 11) is 0. The largest absolute Gasteiger partial charge is 0.312 e. The molecule has 0 radical (unpaired) electrons. The summed E-state index contributed by atoms with van der Waals surface area (Å²) >= 11 is 1.31. The predicted octanol–water partition coefficient (Wildman–Crippen LogP) is 4.28. The highest BCUT2D eigenvalue weighted by Gasteiger charge is 2.22.